The number of thiophene rings is 1. The van der Waals surface area contributed by atoms with Gasteiger partial charge in [-0.25, -0.2) is 0 Å². The van der Waals surface area contributed by atoms with Crippen molar-refractivity contribution in [2.75, 3.05) is 6.61 Å². The van der Waals surface area contributed by atoms with Crippen LogP contribution in [0.5, 0.6) is 5.75 Å². The quantitative estimate of drug-likeness (QED) is 0.590. The molecule has 22 heavy (non-hydrogen) atoms. The van der Waals surface area contributed by atoms with E-state index in [0.717, 1.165) is 21.2 Å². The van der Waals surface area contributed by atoms with Gasteiger partial charge in [-0.1, -0.05) is 53.5 Å². The third-order valence-corrected chi connectivity index (χ3v) is 5.20. The second-order valence-electron chi connectivity index (χ2n) is 4.89. The van der Waals surface area contributed by atoms with Crippen molar-refractivity contribution in [3.8, 4) is 16.9 Å². The van der Waals surface area contributed by atoms with Gasteiger partial charge < -0.3 is 4.74 Å². The number of carbonyl (C=O) groups is 1. The first-order valence-electron chi connectivity index (χ1n) is 6.64. The molecule has 0 saturated carbocycles. The van der Waals surface area contributed by atoms with Crippen LogP contribution < -0.4 is 4.74 Å². The van der Waals surface area contributed by atoms with Crippen molar-refractivity contribution in [3.63, 3.8) is 0 Å². The van der Waals surface area contributed by atoms with Gasteiger partial charge in [-0.15, -0.1) is 11.3 Å². The predicted molar refractivity (Wildman–Crippen MR) is 93.5 cm³/mol. The Morgan fingerprint density at radius 3 is 2.59 bits per heavy atom. The van der Waals surface area contributed by atoms with Crippen LogP contribution in [0.2, 0.25) is 10.0 Å². The van der Waals surface area contributed by atoms with Crippen LogP contribution in [0.15, 0.2) is 41.8 Å². The summed E-state index contributed by atoms with van der Waals surface area (Å²) in [6.45, 7) is 1.44. The van der Waals surface area contributed by atoms with Gasteiger partial charge in [0, 0.05) is 10.9 Å². The van der Waals surface area contributed by atoms with Crippen molar-refractivity contribution in [2.45, 2.75) is 6.92 Å². The van der Waals surface area contributed by atoms with Crippen LogP contribution >= 0.6 is 34.5 Å². The standard InChI is InChI=1S/C17H12Cl2O2S/c1-10(20)8-21-14-7-12-13(11-5-3-2-4-6-11)9-22-17(12)16(19)15(14)18/h2-7,9H,8H2,1H3. The lowest BCUT2D eigenvalue weighted by atomic mass is 10.0. The van der Waals surface area contributed by atoms with Crippen LogP contribution in [-0.2, 0) is 4.79 Å². The van der Waals surface area contributed by atoms with Crippen LogP contribution in [0.25, 0.3) is 21.2 Å². The fraction of sp³-hybridized carbons (Fsp3) is 0.118. The Labute approximate surface area is 142 Å². The molecule has 5 heteroatoms. The van der Waals surface area contributed by atoms with Crippen LogP contribution in [0.1, 0.15) is 6.92 Å². The first-order valence-corrected chi connectivity index (χ1v) is 8.28. The summed E-state index contributed by atoms with van der Waals surface area (Å²) in [4.78, 5) is 11.1. The van der Waals surface area contributed by atoms with Gasteiger partial charge in [0.2, 0.25) is 0 Å². The van der Waals surface area contributed by atoms with E-state index in [0.29, 0.717) is 15.8 Å². The Hall–Kier alpha value is -1.55. The number of halogens is 2. The van der Waals surface area contributed by atoms with Crippen LogP contribution in [-0.4, -0.2) is 12.4 Å². The summed E-state index contributed by atoms with van der Waals surface area (Å²) in [6, 6.07) is 11.9. The largest absolute Gasteiger partial charge is 0.484 e. The van der Waals surface area contributed by atoms with Gasteiger partial charge in [0.25, 0.3) is 0 Å². The number of Topliss-reactive ketones (excluding diaryl/α,β-unsaturated/α-hetero) is 1. The van der Waals surface area contributed by atoms with E-state index in [-0.39, 0.29) is 12.4 Å². The zero-order valence-corrected chi connectivity index (χ0v) is 14.1. The normalized spacial score (nSPS) is 10.9. The van der Waals surface area contributed by atoms with Gasteiger partial charge in [-0.2, -0.15) is 0 Å². The molecular weight excluding hydrogens is 339 g/mol. The second-order valence-corrected chi connectivity index (χ2v) is 6.52. The van der Waals surface area contributed by atoms with Gasteiger partial charge in [0.1, 0.15) is 17.4 Å². The highest BCUT2D eigenvalue weighted by Crippen LogP contribution is 2.45. The number of carbonyl (C=O) groups excluding carboxylic acids is 1. The Bertz CT molecular complexity index is 841. The van der Waals surface area contributed by atoms with Gasteiger partial charge in [0.15, 0.2) is 5.78 Å². The molecule has 2 nitrogen and oxygen atoms in total. The summed E-state index contributed by atoms with van der Waals surface area (Å²) < 4.78 is 6.40. The second kappa shape index (κ2) is 6.29. The van der Waals surface area contributed by atoms with Gasteiger partial charge in [-0.05, 0) is 23.9 Å². The minimum atomic E-state index is -0.0686. The topological polar surface area (TPSA) is 26.3 Å². The summed E-state index contributed by atoms with van der Waals surface area (Å²) in [5.41, 5.74) is 2.18. The first-order chi connectivity index (χ1) is 10.6. The summed E-state index contributed by atoms with van der Waals surface area (Å²) in [5, 5.41) is 3.84. The van der Waals surface area contributed by atoms with Gasteiger partial charge in [-0.3, -0.25) is 4.79 Å². The fourth-order valence-electron chi connectivity index (χ4n) is 2.21. The van der Waals surface area contributed by atoms with E-state index in [1.807, 2.05) is 36.4 Å². The molecule has 2 aromatic carbocycles. The molecule has 112 valence electrons. The number of ether oxygens (including phenoxy) is 1. The maximum atomic E-state index is 11.1. The van der Waals surface area contributed by atoms with Crippen molar-refractivity contribution < 1.29 is 9.53 Å². The molecule has 3 rings (SSSR count). The monoisotopic (exact) mass is 350 g/mol. The summed E-state index contributed by atoms with van der Waals surface area (Å²) in [6.07, 6.45) is 0. The third-order valence-electron chi connectivity index (χ3n) is 3.23. The Balaban J connectivity index is 2.15. The van der Waals surface area contributed by atoms with Crippen LogP contribution in [0, 0.1) is 0 Å². The van der Waals surface area contributed by atoms with E-state index < -0.39 is 0 Å². The molecular formula is C17H12Cl2O2S. The Kier molecular flexibility index (Phi) is 4.39. The first kappa shape index (κ1) is 15.3. The Morgan fingerprint density at radius 2 is 1.91 bits per heavy atom. The zero-order valence-electron chi connectivity index (χ0n) is 11.7. The van der Waals surface area contributed by atoms with E-state index in [1.165, 1.54) is 6.92 Å². The minimum absolute atomic E-state index is 0.0215. The molecule has 0 saturated heterocycles. The number of hydrogen-bond donors (Lipinski definition) is 0. The molecule has 0 aliphatic heterocycles. The van der Waals surface area contributed by atoms with Crippen molar-refractivity contribution in [1.82, 2.24) is 0 Å². The molecule has 0 atom stereocenters. The molecule has 0 spiro atoms. The zero-order chi connectivity index (χ0) is 15.7. The molecule has 0 aliphatic rings. The minimum Gasteiger partial charge on any atom is -0.484 e. The predicted octanol–water partition coefficient (Wildman–Crippen LogP) is 5.84. The van der Waals surface area contributed by atoms with E-state index in [1.54, 1.807) is 11.3 Å². The maximum Gasteiger partial charge on any atom is 0.167 e. The van der Waals surface area contributed by atoms with Gasteiger partial charge in [0.05, 0.1) is 9.72 Å². The van der Waals surface area contributed by atoms with Crippen LogP contribution in [0.3, 0.4) is 0 Å². The van der Waals surface area contributed by atoms with Crippen molar-refractivity contribution >= 4 is 50.4 Å². The Morgan fingerprint density at radius 1 is 1.18 bits per heavy atom. The molecule has 0 N–H and O–H groups in total. The lowest BCUT2D eigenvalue weighted by Crippen LogP contribution is -2.06. The van der Waals surface area contributed by atoms with Crippen molar-refractivity contribution in [2.24, 2.45) is 0 Å². The number of fused-ring (bicyclic) bond motifs is 1. The molecule has 3 aromatic rings. The fourth-order valence-corrected chi connectivity index (χ4v) is 3.80. The summed E-state index contributed by atoms with van der Waals surface area (Å²) >= 11 is 14.2. The number of benzene rings is 2. The molecule has 0 unspecified atom stereocenters. The molecule has 1 heterocycles. The molecule has 0 fully saturated rings. The van der Waals surface area contributed by atoms with Crippen molar-refractivity contribution in [3.05, 3.63) is 51.8 Å². The lowest BCUT2D eigenvalue weighted by molar-refractivity contribution is -0.118. The summed E-state index contributed by atoms with van der Waals surface area (Å²) in [5.74, 6) is 0.367. The maximum absolute atomic E-state index is 11.1. The van der Waals surface area contributed by atoms with E-state index in [4.69, 9.17) is 27.9 Å². The highest BCUT2D eigenvalue weighted by molar-refractivity contribution is 7.18. The smallest absolute Gasteiger partial charge is 0.167 e. The highest BCUT2D eigenvalue weighted by atomic mass is 35.5. The molecule has 0 aliphatic carbocycles. The highest BCUT2D eigenvalue weighted by Gasteiger charge is 2.16. The lowest BCUT2D eigenvalue weighted by Gasteiger charge is -2.09. The molecule has 0 amide bonds. The summed E-state index contributed by atoms with van der Waals surface area (Å²) in [7, 11) is 0. The molecule has 0 radical (unpaired) electrons. The van der Waals surface area contributed by atoms with E-state index >= 15 is 0 Å². The van der Waals surface area contributed by atoms with Crippen molar-refractivity contribution in [1.29, 1.82) is 0 Å². The number of rotatable bonds is 4. The SMILES string of the molecule is CC(=O)COc1cc2c(-c3ccccc3)csc2c(Cl)c1Cl. The van der Waals surface area contributed by atoms with Gasteiger partial charge >= 0.3 is 0 Å². The average Bonchev–Trinajstić information content (AvgIpc) is 2.94. The number of ketones is 1. The van der Waals surface area contributed by atoms with Crippen LogP contribution in [0.4, 0.5) is 0 Å². The molecule has 1 aromatic heterocycles. The van der Waals surface area contributed by atoms with E-state index in [2.05, 4.69) is 5.38 Å². The third kappa shape index (κ3) is 2.84. The van der Waals surface area contributed by atoms with E-state index in [9.17, 15) is 4.79 Å². The number of hydrogen-bond acceptors (Lipinski definition) is 3. The molecule has 0 bridgehead atoms. The average molecular weight is 351 g/mol.